The molecule has 1 N–H and O–H groups in total. The first-order chi connectivity index (χ1) is 8.56. The summed E-state index contributed by atoms with van der Waals surface area (Å²) < 4.78 is 0. The van der Waals surface area contributed by atoms with Crippen LogP contribution in [0.25, 0.3) is 0 Å². The minimum atomic E-state index is -0.145. The number of benzene rings is 1. The summed E-state index contributed by atoms with van der Waals surface area (Å²) in [6, 6.07) is 6.72. The van der Waals surface area contributed by atoms with Gasteiger partial charge in [0.05, 0.1) is 6.10 Å². The highest BCUT2D eigenvalue weighted by molar-refractivity contribution is 5.30. The van der Waals surface area contributed by atoms with Gasteiger partial charge in [-0.15, -0.1) is 0 Å². The maximum atomic E-state index is 9.61. The van der Waals surface area contributed by atoms with Gasteiger partial charge in [-0.1, -0.05) is 23.8 Å². The molecule has 0 bridgehead atoms. The number of aryl methyl sites for hydroxylation is 2. The molecule has 0 amide bonds. The van der Waals surface area contributed by atoms with Gasteiger partial charge in [-0.3, -0.25) is 4.90 Å². The lowest BCUT2D eigenvalue weighted by Crippen LogP contribution is -2.36. The third-order valence-electron chi connectivity index (χ3n) is 4.21. The van der Waals surface area contributed by atoms with E-state index in [1.165, 1.54) is 16.7 Å². The van der Waals surface area contributed by atoms with Gasteiger partial charge >= 0.3 is 0 Å². The van der Waals surface area contributed by atoms with Crippen molar-refractivity contribution in [3.05, 3.63) is 34.9 Å². The Hall–Kier alpha value is -0.860. The SMILES string of the molecule is Cc1ccc(CN2CCC(C(C)O)CC2)c(C)c1. The van der Waals surface area contributed by atoms with Crippen molar-refractivity contribution in [3.63, 3.8) is 0 Å². The molecule has 1 aliphatic heterocycles. The average Bonchev–Trinajstić information content (AvgIpc) is 2.33. The first-order valence-corrected chi connectivity index (χ1v) is 7.03. The molecule has 1 aromatic rings. The Balaban J connectivity index is 1.91. The van der Waals surface area contributed by atoms with Crippen LogP contribution in [0.3, 0.4) is 0 Å². The van der Waals surface area contributed by atoms with Crippen LogP contribution in [0.1, 0.15) is 36.5 Å². The Kier molecular flexibility index (Phi) is 4.41. The van der Waals surface area contributed by atoms with Gasteiger partial charge in [0, 0.05) is 6.54 Å². The van der Waals surface area contributed by atoms with E-state index in [0.717, 1.165) is 32.5 Å². The Morgan fingerprint density at radius 3 is 2.50 bits per heavy atom. The summed E-state index contributed by atoms with van der Waals surface area (Å²) in [6.45, 7) is 9.55. The van der Waals surface area contributed by atoms with Gasteiger partial charge in [-0.2, -0.15) is 0 Å². The fourth-order valence-electron chi connectivity index (χ4n) is 2.86. The predicted octanol–water partition coefficient (Wildman–Crippen LogP) is 2.90. The summed E-state index contributed by atoms with van der Waals surface area (Å²) in [6.07, 6.45) is 2.11. The predicted molar refractivity (Wildman–Crippen MR) is 75.6 cm³/mol. The summed E-state index contributed by atoms with van der Waals surface area (Å²) in [4.78, 5) is 2.51. The van der Waals surface area contributed by atoms with Crippen molar-refractivity contribution >= 4 is 0 Å². The minimum Gasteiger partial charge on any atom is -0.393 e. The third-order valence-corrected chi connectivity index (χ3v) is 4.21. The van der Waals surface area contributed by atoms with Crippen molar-refractivity contribution in [1.29, 1.82) is 0 Å². The number of rotatable bonds is 3. The molecule has 2 nitrogen and oxygen atoms in total. The molecule has 0 radical (unpaired) electrons. The minimum absolute atomic E-state index is 0.145. The number of likely N-dealkylation sites (tertiary alicyclic amines) is 1. The molecule has 0 spiro atoms. The second kappa shape index (κ2) is 5.85. The van der Waals surface area contributed by atoms with Gasteiger partial charge in [-0.05, 0) is 63.7 Å². The topological polar surface area (TPSA) is 23.5 Å². The maximum absolute atomic E-state index is 9.61. The third kappa shape index (κ3) is 3.33. The second-order valence-corrected chi connectivity index (χ2v) is 5.78. The summed E-state index contributed by atoms with van der Waals surface area (Å²) in [5.74, 6) is 0.500. The number of nitrogens with zero attached hydrogens (tertiary/aromatic N) is 1. The zero-order valence-electron chi connectivity index (χ0n) is 11.8. The van der Waals surface area contributed by atoms with Crippen LogP contribution >= 0.6 is 0 Å². The van der Waals surface area contributed by atoms with E-state index in [-0.39, 0.29) is 6.10 Å². The van der Waals surface area contributed by atoms with Gasteiger partial charge in [0.1, 0.15) is 0 Å². The Bertz CT molecular complexity index is 392. The first-order valence-electron chi connectivity index (χ1n) is 7.03. The van der Waals surface area contributed by atoms with E-state index in [1.807, 2.05) is 6.92 Å². The van der Waals surface area contributed by atoms with Crippen molar-refractivity contribution in [2.45, 2.75) is 46.3 Å². The molecule has 1 aliphatic rings. The average molecular weight is 247 g/mol. The highest BCUT2D eigenvalue weighted by Crippen LogP contribution is 2.22. The van der Waals surface area contributed by atoms with Crippen molar-refractivity contribution in [2.24, 2.45) is 5.92 Å². The van der Waals surface area contributed by atoms with Gasteiger partial charge in [-0.25, -0.2) is 0 Å². The van der Waals surface area contributed by atoms with E-state index in [4.69, 9.17) is 0 Å². The monoisotopic (exact) mass is 247 g/mol. The van der Waals surface area contributed by atoms with Gasteiger partial charge in [0.25, 0.3) is 0 Å². The largest absolute Gasteiger partial charge is 0.393 e. The van der Waals surface area contributed by atoms with Crippen LogP contribution in [0.5, 0.6) is 0 Å². The first kappa shape index (κ1) is 13.6. The Morgan fingerprint density at radius 1 is 1.28 bits per heavy atom. The maximum Gasteiger partial charge on any atom is 0.0541 e. The van der Waals surface area contributed by atoms with Gasteiger partial charge in [0.15, 0.2) is 0 Å². The molecular formula is C16H25NO. The molecule has 2 rings (SSSR count). The van der Waals surface area contributed by atoms with Crippen LogP contribution in [0.15, 0.2) is 18.2 Å². The van der Waals surface area contributed by atoms with E-state index in [9.17, 15) is 5.11 Å². The number of aliphatic hydroxyl groups excluding tert-OH is 1. The summed E-state index contributed by atoms with van der Waals surface area (Å²) >= 11 is 0. The zero-order chi connectivity index (χ0) is 13.1. The van der Waals surface area contributed by atoms with Crippen molar-refractivity contribution in [2.75, 3.05) is 13.1 Å². The standard InChI is InChI=1S/C16H25NO/c1-12-4-5-16(13(2)10-12)11-17-8-6-15(7-9-17)14(3)18/h4-5,10,14-15,18H,6-9,11H2,1-3H3. The van der Waals surface area contributed by atoms with E-state index >= 15 is 0 Å². The molecule has 1 aromatic carbocycles. The quantitative estimate of drug-likeness (QED) is 0.888. The molecule has 1 unspecified atom stereocenters. The van der Waals surface area contributed by atoms with Gasteiger partial charge < -0.3 is 5.11 Å². The summed E-state index contributed by atoms with van der Waals surface area (Å²) in [7, 11) is 0. The lowest BCUT2D eigenvalue weighted by molar-refractivity contribution is 0.0695. The molecule has 2 heteroatoms. The lowest BCUT2D eigenvalue weighted by Gasteiger charge is -2.33. The molecule has 1 fully saturated rings. The van der Waals surface area contributed by atoms with Crippen LogP contribution in [-0.4, -0.2) is 29.2 Å². The fraction of sp³-hybridized carbons (Fsp3) is 0.625. The van der Waals surface area contributed by atoms with Gasteiger partial charge in [0.2, 0.25) is 0 Å². The zero-order valence-corrected chi connectivity index (χ0v) is 11.8. The van der Waals surface area contributed by atoms with Crippen molar-refractivity contribution in [1.82, 2.24) is 4.90 Å². The number of piperidine rings is 1. The van der Waals surface area contributed by atoms with Crippen LogP contribution in [0.4, 0.5) is 0 Å². The molecule has 0 aliphatic carbocycles. The second-order valence-electron chi connectivity index (χ2n) is 5.78. The molecule has 18 heavy (non-hydrogen) atoms. The smallest absolute Gasteiger partial charge is 0.0541 e. The van der Waals surface area contributed by atoms with Crippen LogP contribution in [0, 0.1) is 19.8 Å². The summed E-state index contributed by atoms with van der Waals surface area (Å²) in [5, 5.41) is 9.61. The van der Waals surface area contributed by atoms with Crippen LogP contribution in [0.2, 0.25) is 0 Å². The van der Waals surface area contributed by atoms with E-state index < -0.39 is 0 Å². The fourth-order valence-corrected chi connectivity index (χ4v) is 2.86. The molecule has 0 aromatic heterocycles. The highest BCUT2D eigenvalue weighted by atomic mass is 16.3. The molecule has 1 heterocycles. The molecule has 0 saturated carbocycles. The number of hydrogen-bond acceptors (Lipinski definition) is 2. The van der Waals surface area contributed by atoms with Crippen molar-refractivity contribution < 1.29 is 5.11 Å². The van der Waals surface area contributed by atoms with Crippen molar-refractivity contribution in [3.8, 4) is 0 Å². The molecular weight excluding hydrogens is 222 g/mol. The molecule has 1 atom stereocenters. The highest BCUT2D eigenvalue weighted by Gasteiger charge is 2.22. The van der Waals surface area contributed by atoms with E-state index in [2.05, 4.69) is 36.9 Å². The number of hydrogen-bond donors (Lipinski definition) is 1. The van der Waals surface area contributed by atoms with Crippen LogP contribution in [-0.2, 0) is 6.54 Å². The summed E-state index contributed by atoms with van der Waals surface area (Å²) in [5.41, 5.74) is 4.17. The number of aliphatic hydroxyl groups is 1. The van der Waals surface area contributed by atoms with E-state index in [0.29, 0.717) is 5.92 Å². The Morgan fingerprint density at radius 2 is 1.94 bits per heavy atom. The van der Waals surface area contributed by atoms with E-state index in [1.54, 1.807) is 0 Å². The lowest BCUT2D eigenvalue weighted by atomic mass is 9.92. The molecule has 1 saturated heterocycles. The molecule has 100 valence electrons. The Labute approximate surface area is 111 Å². The van der Waals surface area contributed by atoms with Crippen LogP contribution < -0.4 is 0 Å². The normalized spacial score (nSPS) is 20.0.